The van der Waals surface area contributed by atoms with Crippen molar-refractivity contribution in [1.29, 1.82) is 0 Å². The third-order valence-corrected chi connectivity index (χ3v) is 3.78. The van der Waals surface area contributed by atoms with Crippen molar-refractivity contribution in [2.24, 2.45) is 17.4 Å². The molecule has 0 aromatic heterocycles. The lowest BCUT2D eigenvalue weighted by Gasteiger charge is -2.18. The topological polar surface area (TPSA) is 52.0 Å². The third kappa shape index (κ3) is 3.81. The molecule has 90 valence electrons. The monoisotopic (exact) mass is 238 g/mol. The van der Waals surface area contributed by atoms with Crippen LogP contribution in [0.15, 0.2) is 29.2 Å². The summed E-state index contributed by atoms with van der Waals surface area (Å²) in [6.07, 6.45) is 3.17. The summed E-state index contributed by atoms with van der Waals surface area (Å²) < 4.78 is 0. The summed E-state index contributed by atoms with van der Waals surface area (Å²) in [5.74, 6) is 0.975. The van der Waals surface area contributed by atoms with Crippen molar-refractivity contribution in [2.75, 3.05) is 19.3 Å². The predicted octanol–water partition coefficient (Wildman–Crippen LogP) is 2.44. The van der Waals surface area contributed by atoms with Gasteiger partial charge in [0.15, 0.2) is 0 Å². The van der Waals surface area contributed by atoms with Gasteiger partial charge >= 0.3 is 0 Å². The second-order valence-electron chi connectivity index (χ2n) is 4.25. The molecule has 0 amide bonds. The molecule has 1 rings (SSSR count). The Kier molecular flexibility index (Phi) is 5.88. The van der Waals surface area contributed by atoms with Gasteiger partial charge < -0.3 is 11.5 Å². The molecule has 0 saturated carbocycles. The summed E-state index contributed by atoms with van der Waals surface area (Å²) in [7, 11) is 0. The van der Waals surface area contributed by atoms with Gasteiger partial charge in [0.05, 0.1) is 0 Å². The largest absolute Gasteiger partial charge is 0.330 e. The molecule has 1 atom stereocenters. The van der Waals surface area contributed by atoms with Crippen LogP contribution in [0, 0.1) is 5.92 Å². The van der Waals surface area contributed by atoms with Crippen molar-refractivity contribution < 1.29 is 0 Å². The Balaban J connectivity index is 2.61. The normalized spacial score (nSPS) is 13.1. The maximum atomic E-state index is 5.67. The first-order chi connectivity index (χ1) is 7.71. The Labute approximate surface area is 103 Å². The van der Waals surface area contributed by atoms with Gasteiger partial charge in [0.1, 0.15) is 0 Å². The molecule has 1 aromatic rings. The van der Waals surface area contributed by atoms with Crippen LogP contribution in [0.4, 0.5) is 0 Å². The molecule has 0 spiro atoms. The molecule has 2 nitrogen and oxygen atoms in total. The van der Waals surface area contributed by atoms with Gasteiger partial charge in [0.2, 0.25) is 0 Å². The molecule has 0 bridgehead atoms. The molecule has 0 aliphatic carbocycles. The number of hydrogen-bond acceptors (Lipinski definition) is 3. The van der Waals surface area contributed by atoms with Gasteiger partial charge in [-0.05, 0) is 55.3 Å². The zero-order valence-electron chi connectivity index (χ0n) is 10.1. The van der Waals surface area contributed by atoms with E-state index in [1.165, 1.54) is 10.5 Å². The van der Waals surface area contributed by atoms with Gasteiger partial charge in [0.25, 0.3) is 0 Å². The number of hydrogen-bond donors (Lipinski definition) is 2. The van der Waals surface area contributed by atoms with E-state index in [0.717, 1.165) is 6.42 Å². The quantitative estimate of drug-likeness (QED) is 0.748. The smallest absolute Gasteiger partial charge is 0.00693 e. The summed E-state index contributed by atoms with van der Waals surface area (Å²) in [5, 5.41) is 0. The molecule has 0 aliphatic rings. The van der Waals surface area contributed by atoms with E-state index in [0.29, 0.717) is 24.9 Å². The molecular formula is C13H22N2S. The molecule has 1 unspecified atom stereocenters. The molecular weight excluding hydrogens is 216 g/mol. The van der Waals surface area contributed by atoms with Gasteiger partial charge in [-0.25, -0.2) is 0 Å². The maximum absolute atomic E-state index is 5.67. The molecule has 1 aromatic carbocycles. The van der Waals surface area contributed by atoms with Gasteiger partial charge in [-0.2, -0.15) is 0 Å². The average molecular weight is 238 g/mol. The second-order valence-corrected chi connectivity index (χ2v) is 5.13. The van der Waals surface area contributed by atoms with E-state index in [4.69, 9.17) is 11.5 Å². The Morgan fingerprint density at radius 3 is 2.12 bits per heavy atom. The standard InChI is InChI=1S/C13H22N2S/c1-10(7-11(8-14)9-15)12-3-5-13(16-2)6-4-12/h3-6,10-11H,7-9,14-15H2,1-2H3. The van der Waals surface area contributed by atoms with Crippen molar-refractivity contribution in [1.82, 2.24) is 0 Å². The second kappa shape index (κ2) is 6.94. The highest BCUT2D eigenvalue weighted by atomic mass is 32.2. The summed E-state index contributed by atoms with van der Waals surface area (Å²) in [5.41, 5.74) is 12.7. The van der Waals surface area contributed by atoms with Crippen LogP contribution in [0.2, 0.25) is 0 Å². The molecule has 0 radical (unpaired) electrons. The lowest BCUT2D eigenvalue weighted by Crippen LogP contribution is -2.24. The van der Waals surface area contributed by atoms with Crippen molar-refractivity contribution in [3.05, 3.63) is 29.8 Å². The minimum absolute atomic E-state index is 0.440. The lowest BCUT2D eigenvalue weighted by atomic mass is 9.90. The van der Waals surface area contributed by atoms with Crippen molar-refractivity contribution in [3.8, 4) is 0 Å². The molecule has 16 heavy (non-hydrogen) atoms. The van der Waals surface area contributed by atoms with E-state index in [-0.39, 0.29) is 0 Å². The van der Waals surface area contributed by atoms with Gasteiger partial charge in [-0.15, -0.1) is 11.8 Å². The SMILES string of the molecule is CSc1ccc(C(C)CC(CN)CN)cc1. The van der Waals surface area contributed by atoms with Gasteiger partial charge in [-0.3, -0.25) is 0 Å². The minimum atomic E-state index is 0.440. The highest BCUT2D eigenvalue weighted by molar-refractivity contribution is 7.98. The van der Waals surface area contributed by atoms with Crippen molar-refractivity contribution in [3.63, 3.8) is 0 Å². The predicted molar refractivity (Wildman–Crippen MR) is 72.9 cm³/mol. The highest BCUT2D eigenvalue weighted by Crippen LogP contribution is 2.24. The van der Waals surface area contributed by atoms with Crippen LogP contribution in [-0.4, -0.2) is 19.3 Å². The maximum Gasteiger partial charge on any atom is 0.00693 e. The summed E-state index contributed by atoms with van der Waals surface area (Å²) in [6, 6.07) is 8.77. The van der Waals surface area contributed by atoms with Crippen molar-refractivity contribution >= 4 is 11.8 Å². The Bertz CT molecular complexity index is 293. The third-order valence-electron chi connectivity index (χ3n) is 3.04. The van der Waals surface area contributed by atoms with E-state index in [9.17, 15) is 0 Å². The fraction of sp³-hybridized carbons (Fsp3) is 0.538. The Hall–Kier alpha value is -0.510. The molecule has 0 fully saturated rings. The van der Waals surface area contributed by atoms with Crippen LogP contribution in [0.1, 0.15) is 24.8 Å². The molecule has 0 heterocycles. The molecule has 3 heteroatoms. The number of thioether (sulfide) groups is 1. The summed E-state index contributed by atoms with van der Waals surface area (Å²) >= 11 is 1.77. The number of nitrogens with two attached hydrogens (primary N) is 2. The number of benzene rings is 1. The zero-order chi connectivity index (χ0) is 12.0. The first kappa shape index (κ1) is 13.6. The van der Waals surface area contributed by atoms with Gasteiger partial charge in [-0.1, -0.05) is 19.1 Å². The fourth-order valence-corrected chi connectivity index (χ4v) is 2.27. The van der Waals surface area contributed by atoms with Crippen LogP contribution in [-0.2, 0) is 0 Å². The molecule has 0 aliphatic heterocycles. The van der Waals surface area contributed by atoms with Crippen LogP contribution >= 0.6 is 11.8 Å². The molecule has 4 N–H and O–H groups in total. The van der Waals surface area contributed by atoms with E-state index in [1.54, 1.807) is 11.8 Å². The van der Waals surface area contributed by atoms with E-state index in [1.807, 2.05) is 0 Å². The number of rotatable bonds is 6. The first-order valence-corrected chi connectivity index (χ1v) is 6.97. The zero-order valence-corrected chi connectivity index (χ0v) is 11.0. The summed E-state index contributed by atoms with van der Waals surface area (Å²) in [4.78, 5) is 1.31. The molecule has 0 saturated heterocycles. The Morgan fingerprint density at radius 2 is 1.69 bits per heavy atom. The van der Waals surface area contributed by atoms with Crippen LogP contribution in [0.3, 0.4) is 0 Å². The van der Waals surface area contributed by atoms with Crippen molar-refractivity contribution in [2.45, 2.75) is 24.2 Å². The summed E-state index contributed by atoms with van der Waals surface area (Å²) in [6.45, 7) is 3.61. The average Bonchev–Trinajstić information content (AvgIpc) is 2.35. The minimum Gasteiger partial charge on any atom is -0.330 e. The van der Waals surface area contributed by atoms with E-state index >= 15 is 0 Å². The Morgan fingerprint density at radius 1 is 1.12 bits per heavy atom. The fourth-order valence-electron chi connectivity index (χ4n) is 1.86. The van der Waals surface area contributed by atoms with E-state index < -0.39 is 0 Å². The van der Waals surface area contributed by atoms with Crippen LogP contribution in [0.25, 0.3) is 0 Å². The van der Waals surface area contributed by atoms with Gasteiger partial charge in [0, 0.05) is 4.90 Å². The van der Waals surface area contributed by atoms with Crippen LogP contribution < -0.4 is 11.5 Å². The van der Waals surface area contributed by atoms with E-state index in [2.05, 4.69) is 37.4 Å². The van der Waals surface area contributed by atoms with Crippen LogP contribution in [0.5, 0.6) is 0 Å². The lowest BCUT2D eigenvalue weighted by molar-refractivity contribution is 0.465. The first-order valence-electron chi connectivity index (χ1n) is 5.75. The highest BCUT2D eigenvalue weighted by Gasteiger charge is 2.11.